The summed E-state index contributed by atoms with van der Waals surface area (Å²) in [5, 5.41) is 2.72. The first kappa shape index (κ1) is 12.0. The minimum absolute atomic E-state index is 0.242. The van der Waals surface area contributed by atoms with E-state index < -0.39 is 0 Å². The van der Waals surface area contributed by atoms with Crippen LogP contribution >= 0.6 is 0 Å². The van der Waals surface area contributed by atoms with E-state index in [0.29, 0.717) is 17.1 Å². The van der Waals surface area contributed by atoms with Gasteiger partial charge >= 0.3 is 0 Å². The lowest BCUT2D eigenvalue weighted by Gasteiger charge is -2.12. The number of hydrogen-bond donors (Lipinski definition) is 2. The largest absolute Gasteiger partial charge is 0.494 e. The quantitative estimate of drug-likeness (QED) is 0.815. The Balaban J connectivity index is 2.28. The number of nitrogen functional groups attached to an aromatic ring is 1. The lowest BCUT2D eigenvalue weighted by molar-refractivity contribution is 0.0996. The third-order valence-electron chi connectivity index (χ3n) is 2.58. The van der Waals surface area contributed by atoms with Crippen LogP contribution in [0.1, 0.15) is 16.1 Å². The number of nitrogens with two attached hydrogens (primary N) is 1. The molecular weight excluding hydrogens is 232 g/mol. The van der Waals surface area contributed by atoms with Gasteiger partial charge in [-0.1, -0.05) is 0 Å². The van der Waals surface area contributed by atoms with E-state index in [0.717, 1.165) is 5.56 Å². The number of aryl methyl sites for hydroxylation is 1. The molecule has 2 rings (SSSR count). The van der Waals surface area contributed by atoms with E-state index in [-0.39, 0.29) is 11.7 Å². The molecule has 5 heteroatoms. The van der Waals surface area contributed by atoms with Crippen LogP contribution in [0.3, 0.4) is 0 Å². The van der Waals surface area contributed by atoms with E-state index in [2.05, 4.69) is 5.32 Å². The molecule has 0 aliphatic rings. The van der Waals surface area contributed by atoms with Gasteiger partial charge in [0.2, 0.25) is 0 Å². The van der Waals surface area contributed by atoms with E-state index in [4.69, 9.17) is 14.9 Å². The molecular formula is C13H14N2O3. The van der Waals surface area contributed by atoms with Crippen LogP contribution in [-0.2, 0) is 0 Å². The van der Waals surface area contributed by atoms with E-state index in [9.17, 15) is 4.79 Å². The van der Waals surface area contributed by atoms with Gasteiger partial charge in [-0.2, -0.15) is 0 Å². The molecule has 3 N–H and O–H groups in total. The van der Waals surface area contributed by atoms with Crippen molar-refractivity contribution >= 4 is 17.3 Å². The van der Waals surface area contributed by atoms with Crippen LogP contribution in [0.4, 0.5) is 11.4 Å². The predicted molar refractivity (Wildman–Crippen MR) is 68.8 cm³/mol. The van der Waals surface area contributed by atoms with Crippen molar-refractivity contribution in [1.82, 2.24) is 0 Å². The normalized spacial score (nSPS) is 10.1. The molecule has 1 aromatic heterocycles. The van der Waals surface area contributed by atoms with Crippen LogP contribution in [0.25, 0.3) is 0 Å². The van der Waals surface area contributed by atoms with E-state index in [1.807, 2.05) is 6.92 Å². The molecule has 0 aliphatic heterocycles. The second kappa shape index (κ2) is 4.83. The molecule has 1 aromatic carbocycles. The van der Waals surface area contributed by atoms with Crippen molar-refractivity contribution in [3.8, 4) is 5.75 Å². The van der Waals surface area contributed by atoms with Gasteiger partial charge in [0.15, 0.2) is 5.76 Å². The topological polar surface area (TPSA) is 77.5 Å². The van der Waals surface area contributed by atoms with Gasteiger partial charge in [-0.25, -0.2) is 0 Å². The van der Waals surface area contributed by atoms with Gasteiger partial charge < -0.3 is 20.2 Å². The van der Waals surface area contributed by atoms with Crippen LogP contribution in [0, 0.1) is 6.92 Å². The lowest BCUT2D eigenvalue weighted by atomic mass is 10.1. The third kappa shape index (κ3) is 2.29. The summed E-state index contributed by atoms with van der Waals surface area (Å²) in [5.74, 6) is 0.423. The Morgan fingerprint density at radius 1 is 1.44 bits per heavy atom. The van der Waals surface area contributed by atoms with Crippen LogP contribution in [0.2, 0.25) is 0 Å². The average Bonchev–Trinajstić information content (AvgIpc) is 2.87. The van der Waals surface area contributed by atoms with Gasteiger partial charge in [0.1, 0.15) is 5.75 Å². The summed E-state index contributed by atoms with van der Waals surface area (Å²) in [5.41, 5.74) is 7.82. The van der Waals surface area contributed by atoms with Crippen molar-refractivity contribution in [1.29, 1.82) is 0 Å². The number of ether oxygens (including phenoxy) is 1. The zero-order chi connectivity index (χ0) is 13.1. The highest BCUT2D eigenvalue weighted by molar-refractivity contribution is 6.03. The number of nitrogens with one attached hydrogen (secondary N) is 1. The summed E-state index contributed by atoms with van der Waals surface area (Å²) in [4.78, 5) is 11.8. The zero-order valence-electron chi connectivity index (χ0n) is 10.2. The van der Waals surface area contributed by atoms with Crippen LogP contribution in [0.15, 0.2) is 34.9 Å². The third-order valence-corrected chi connectivity index (χ3v) is 2.58. The van der Waals surface area contributed by atoms with E-state index in [1.165, 1.54) is 13.4 Å². The first-order valence-corrected chi connectivity index (χ1v) is 5.41. The molecule has 0 unspecified atom stereocenters. The second-order valence-electron chi connectivity index (χ2n) is 3.84. The number of carbonyl (C=O) groups is 1. The summed E-state index contributed by atoms with van der Waals surface area (Å²) in [6.07, 6.45) is 1.44. The molecule has 0 aliphatic carbocycles. The summed E-state index contributed by atoms with van der Waals surface area (Å²) in [6, 6.07) is 6.68. The maximum absolute atomic E-state index is 11.8. The highest BCUT2D eigenvalue weighted by atomic mass is 16.5. The fraction of sp³-hybridized carbons (Fsp3) is 0.154. The predicted octanol–water partition coefficient (Wildman–Crippen LogP) is 2.43. The lowest BCUT2D eigenvalue weighted by Crippen LogP contribution is -2.12. The van der Waals surface area contributed by atoms with Gasteiger partial charge in [0, 0.05) is 11.8 Å². The van der Waals surface area contributed by atoms with Crippen molar-refractivity contribution in [2.45, 2.75) is 6.92 Å². The summed E-state index contributed by atoms with van der Waals surface area (Å²) >= 11 is 0. The number of methoxy groups -OCH3 is 1. The number of carbonyl (C=O) groups excluding carboxylic acids is 1. The number of rotatable bonds is 3. The standard InChI is InChI=1S/C13H14N2O3/c1-8-6-10(12(17-2)7-9(8)14)15-13(16)11-4-3-5-18-11/h3-7H,14H2,1-2H3,(H,15,16). The molecule has 0 saturated carbocycles. The Bertz CT molecular complexity index is 562. The Morgan fingerprint density at radius 2 is 2.22 bits per heavy atom. The molecule has 0 fully saturated rings. The highest BCUT2D eigenvalue weighted by Crippen LogP contribution is 2.29. The highest BCUT2D eigenvalue weighted by Gasteiger charge is 2.13. The minimum atomic E-state index is -0.331. The molecule has 1 amide bonds. The first-order chi connectivity index (χ1) is 8.61. The summed E-state index contributed by atoms with van der Waals surface area (Å²) < 4.78 is 10.2. The fourth-order valence-electron chi connectivity index (χ4n) is 1.56. The SMILES string of the molecule is COc1cc(N)c(C)cc1NC(=O)c1ccco1. The molecule has 5 nitrogen and oxygen atoms in total. The van der Waals surface area contributed by atoms with Gasteiger partial charge in [-0.05, 0) is 30.7 Å². The Hall–Kier alpha value is -2.43. The van der Waals surface area contributed by atoms with Crippen molar-refractivity contribution in [2.75, 3.05) is 18.2 Å². The number of furan rings is 1. The molecule has 18 heavy (non-hydrogen) atoms. The van der Waals surface area contributed by atoms with Gasteiger partial charge in [0.25, 0.3) is 5.91 Å². The molecule has 0 atom stereocenters. The maximum Gasteiger partial charge on any atom is 0.291 e. The Morgan fingerprint density at radius 3 is 2.83 bits per heavy atom. The van der Waals surface area contributed by atoms with Crippen molar-refractivity contribution in [2.24, 2.45) is 0 Å². The molecule has 0 radical (unpaired) electrons. The zero-order valence-corrected chi connectivity index (χ0v) is 10.2. The van der Waals surface area contributed by atoms with Crippen molar-refractivity contribution in [3.63, 3.8) is 0 Å². The van der Waals surface area contributed by atoms with Crippen molar-refractivity contribution in [3.05, 3.63) is 41.9 Å². The molecule has 0 bridgehead atoms. The van der Waals surface area contributed by atoms with E-state index >= 15 is 0 Å². The average molecular weight is 246 g/mol. The smallest absolute Gasteiger partial charge is 0.291 e. The minimum Gasteiger partial charge on any atom is -0.494 e. The number of hydrogen-bond acceptors (Lipinski definition) is 4. The van der Waals surface area contributed by atoms with Crippen LogP contribution in [0.5, 0.6) is 5.75 Å². The molecule has 94 valence electrons. The summed E-state index contributed by atoms with van der Waals surface area (Å²) in [6.45, 7) is 1.86. The van der Waals surface area contributed by atoms with Crippen molar-refractivity contribution < 1.29 is 13.9 Å². The molecule has 0 spiro atoms. The number of anilines is 2. The maximum atomic E-state index is 11.8. The number of amides is 1. The monoisotopic (exact) mass is 246 g/mol. The van der Waals surface area contributed by atoms with Crippen LogP contribution in [-0.4, -0.2) is 13.0 Å². The van der Waals surface area contributed by atoms with E-state index in [1.54, 1.807) is 24.3 Å². The van der Waals surface area contributed by atoms with Crippen LogP contribution < -0.4 is 15.8 Å². The number of benzene rings is 1. The Kier molecular flexibility index (Phi) is 3.23. The van der Waals surface area contributed by atoms with Gasteiger partial charge in [0.05, 0.1) is 19.1 Å². The molecule has 2 aromatic rings. The Labute approximate surface area is 105 Å². The van der Waals surface area contributed by atoms with Gasteiger partial charge in [-0.15, -0.1) is 0 Å². The fourth-order valence-corrected chi connectivity index (χ4v) is 1.56. The second-order valence-corrected chi connectivity index (χ2v) is 3.84. The van der Waals surface area contributed by atoms with Gasteiger partial charge in [-0.3, -0.25) is 4.79 Å². The molecule has 0 saturated heterocycles. The first-order valence-electron chi connectivity index (χ1n) is 5.41. The molecule has 1 heterocycles. The summed E-state index contributed by atoms with van der Waals surface area (Å²) in [7, 11) is 1.52.